The number of carbonyl (C=O) groups excluding carboxylic acids is 3. The van der Waals surface area contributed by atoms with Crippen molar-refractivity contribution in [3.05, 3.63) is 23.3 Å². The Morgan fingerprint density at radius 3 is 2.23 bits per heavy atom. The van der Waals surface area contributed by atoms with Gasteiger partial charge in [0.05, 0.1) is 11.8 Å². The Balaban J connectivity index is 1.38. The zero-order valence-electron chi connectivity index (χ0n) is 34.3. The van der Waals surface area contributed by atoms with Crippen LogP contribution in [0.1, 0.15) is 166 Å². The van der Waals surface area contributed by atoms with Gasteiger partial charge >= 0.3 is 11.9 Å². The van der Waals surface area contributed by atoms with Gasteiger partial charge < -0.3 is 15.2 Å². The molecule has 0 aromatic rings. The van der Waals surface area contributed by atoms with Gasteiger partial charge in [0, 0.05) is 23.8 Å². The van der Waals surface area contributed by atoms with E-state index in [1.807, 2.05) is 0 Å². The van der Waals surface area contributed by atoms with Crippen molar-refractivity contribution < 1.29 is 29.0 Å². The summed E-state index contributed by atoms with van der Waals surface area (Å²) < 4.78 is 6.16. The number of ketones is 1. The molecule has 1 amide bonds. The molecule has 0 bridgehead atoms. The Morgan fingerprint density at radius 1 is 0.942 bits per heavy atom. The number of carboxylic acids is 1. The van der Waals surface area contributed by atoms with Crippen LogP contribution >= 0.6 is 0 Å². The molecule has 5 aliphatic carbocycles. The van der Waals surface area contributed by atoms with Crippen LogP contribution in [0.3, 0.4) is 0 Å². The molecule has 4 fully saturated rings. The number of amides is 1. The van der Waals surface area contributed by atoms with Crippen molar-refractivity contribution in [2.75, 3.05) is 6.54 Å². The summed E-state index contributed by atoms with van der Waals surface area (Å²) in [5.74, 6) is 0.338. The molecule has 0 saturated heterocycles. The monoisotopic (exact) mass is 722 g/mol. The highest BCUT2D eigenvalue weighted by Gasteiger charge is 2.65. The van der Waals surface area contributed by atoms with Crippen LogP contribution in [0.5, 0.6) is 0 Å². The van der Waals surface area contributed by atoms with E-state index in [0.717, 1.165) is 63.5 Å². The number of fused-ring (bicyclic) bond motifs is 2. The number of esters is 1. The van der Waals surface area contributed by atoms with E-state index in [-0.39, 0.29) is 57.2 Å². The zero-order valence-corrected chi connectivity index (χ0v) is 34.3. The van der Waals surface area contributed by atoms with Crippen molar-refractivity contribution in [1.82, 2.24) is 5.32 Å². The lowest BCUT2D eigenvalue weighted by Gasteiger charge is -2.68. The van der Waals surface area contributed by atoms with E-state index in [9.17, 15) is 24.3 Å². The van der Waals surface area contributed by atoms with Gasteiger partial charge in [-0.2, -0.15) is 0 Å². The van der Waals surface area contributed by atoms with Crippen LogP contribution in [-0.2, 0) is 23.9 Å². The van der Waals surface area contributed by atoms with Crippen LogP contribution < -0.4 is 5.32 Å². The first-order chi connectivity index (χ1) is 24.2. The van der Waals surface area contributed by atoms with Gasteiger partial charge in [-0.3, -0.25) is 19.2 Å². The van der Waals surface area contributed by atoms with Crippen LogP contribution in [0.2, 0.25) is 0 Å². The molecule has 4 saturated carbocycles. The minimum absolute atomic E-state index is 0.0157. The van der Waals surface area contributed by atoms with Crippen LogP contribution in [0, 0.1) is 56.2 Å². The van der Waals surface area contributed by atoms with E-state index >= 15 is 0 Å². The van der Waals surface area contributed by atoms with Crippen LogP contribution in [-0.4, -0.2) is 41.4 Å². The molecule has 0 spiro atoms. The van der Waals surface area contributed by atoms with Gasteiger partial charge in [-0.1, -0.05) is 92.7 Å². The fraction of sp³-hybridized carbons (Fsp3) is 0.822. The number of carboxylic acid groups (broad SMARTS) is 1. The van der Waals surface area contributed by atoms with E-state index in [2.05, 4.69) is 66.8 Å². The standard InChI is InChI=1S/C45H71NO6/c1-11-33-43(9)20-18-35(52-37(49)27-40(4,5)39(50)51)41(6,7)34(43)17-21-44(33,10)42(8)23-24-45(26-32(47)38(29(2)3)31(45)25-42)22-19-36(48)46-28-30-15-13-12-14-16-30/h19,22,29-30,33-35H,11-18,20-21,23-28H2,1-10H3,(H,46,48)(H,50,51). The molecule has 7 nitrogen and oxygen atoms in total. The Bertz CT molecular complexity index is 1470. The predicted molar refractivity (Wildman–Crippen MR) is 206 cm³/mol. The summed E-state index contributed by atoms with van der Waals surface area (Å²) in [5.41, 5.74) is 0.569. The van der Waals surface area contributed by atoms with Gasteiger partial charge in [0.15, 0.2) is 5.78 Å². The van der Waals surface area contributed by atoms with Crippen LogP contribution in [0.15, 0.2) is 23.3 Å². The van der Waals surface area contributed by atoms with Crippen molar-refractivity contribution in [2.24, 2.45) is 56.2 Å². The maximum atomic E-state index is 13.8. The summed E-state index contributed by atoms with van der Waals surface area (Å²) in [6.07, 6.45) is 17.9. The molecule has 52 heavy (non-hydrogen) atoms. The lowest BCUT2D eigenvalue weighted by molar-refractivity contribution is -0.212. The molecule has 292 valence electrons. The topological polar surface area (TPSA) is 110 Å². The van der Waals surface area contributed by atoms with Crippen molar-refractivity contribution in [1.29, 1.82) is 0 Å². The third-order valence-electron chi connectivity index (χ3n) is 16.0. The SMILES string of the molecule is CCC1C2(C)CCC(OC(=O)CC(C)(C)C(=O)O)C(C)(C)C2CCC1(C)C1(C)CCC2(C=CC(=O)NCC3CCCCC3)CC(=O)C(C(C)C)=C2C1. The van der Waals surface area contributed by atoms with Gasteiger partial charge in [0.2, 0.25) is 5.91 Å². The van der Waals surface area contributed by atoms with Gasteiger partial charge in [-0.25, -0.2) is 0 Å². The number of nitrogens with one attached hydrogen (secondary N) is 1. The first-order valence-corrected chi connectivity index (χ1v) is 20.8. The summed E-state index contributed by atoms with van der Waals surface area (Å²) in [5, 5.41) is 12.8. The molecule has 0 aliphatic heterocycles. The highest BCUT2D eigenvalue weighted by molar-refractivity contribution is 6.01. The number of carbonyl (C=O) groups is 4. The summed E-state index contributed by atoms with van der Waals surface area (Å²) in [6.45, 7) is 22.6. The minimum atomic E-state index is -1.16. The Morgan fingerprint density at radius 2 is 1.62 bits per heavy atom. The third kappa shape index (κ3) is 7.21. The average molecular weight is 722 g/mol. The Hall–Kier alpha value is -2.44. The molecule has 7 atom stereocenters. The Labute approximate surface area is 314 Å². The van der Waals surface area contributed by atoms with Crippen LogP contribution in [0.4, 0.5) is 0 Å². The van der Waals surface area contributed by atoms with E-state index in [1.165, 1.54) is 37.7 Å². The fourth-order valence-electron chi connectivity index (χ4n) is 12.8. The highest BCUT2D eigenvalue weighted by Crippen LogP contribution is 2.72. The molecular weight excluding hydrogens is 650 g/mol. The second kappa shape index (κ2) is 14.7. The number of aliphatic carboxylic acids is 1. The number of ether oxygens (including phenoxy) is 1. The zero-order chi connectivity index (χ0) is 38.5. The summed E-state index contributed by atoms with van der Waals surface area (Å²) in [4.78, 5) is 51.8. The van der Waals surface area contributed by atoms with Crippen LogP contribution in [0.25, 0.3) is 0 Å². The second-order valence-corrected chi connectivity index (χ2v) is 20.3. The molecule has 0 radical (unpaired) electrons. The fourth-order valence-corrected chi connectivity index (χ4v) is 12.8. The first-order valence-electron chi connectivity index (χ1n) is 20.8. The van der Waals surface area contributed by atoms with Gasteiger partial charge in [-0.15, -0.1) is 0 Å². The molecule has 0 aromatic heterocycles. The summed E-state index contributed by atoms with van der Waals surface area (Å²) >= 11 is 0. The lowest BCUT2D eigenvalue weighted by Crippen LogP contribution is -2.62. The van der Waals surface area contributed by atoms with Gasteiger partial charge in [0.25, 0.3) is 0 Å². The third-order valence-corrected chi connectivity index (χ3v) is 16.0. The smallest absolute Gasteiger partial charge is 0.309 e. The first kappa shape index (κ1) is 40.7. The van der Waals surface area contributed by atoms with E-state index < -0.39 is 17.4 Å². The largest absolute Gasteiger partial charge is 0.481 e. The maximum Gasteiger partial charge on any atom is 0.309 e. The molecule has 5 rings (SSSR count). The molecule has 0 heterocycles. The quantitative estimate of drug-likeness (QED) is 0.162. The summed E-state index contributed by atoms with van der Waals surface area (Å²) in [7, 11) is 0. The van der Waals surface area contributed by atoms with E-state index in [0.29, 0.717) is 24.2 Å². The molecule has 0 aromatic carbocycles. The number of rotatable bonds is 11. The van der Waals surface area contributed by atoms with Crippen molar-refractivity contribution in [2.45, 2.75) is 172 Å². The Kier molecular flexibility index (Phi) is 11.5. The minimum Gasteiger partial charge on any atom is -0.481 e. The molecule has 5 aliphatic rings. The molecule has 7 unspecified atom stereocenters. The molecular formula is C45H71NO6. The van der Waals surface area contributed by atoms with Crippen molar-refractivity contribution in [3.63, 3.8) is 0 Å². The van der Waals surface area contributed by atoms with Crippen molar-refractivity contribution >= 4 is 23.6 Å². The predicted octanol–water partition coefficient (Wildman–Crippen LogP) is 10.0. The maximum absolute atomic E-state index is 13.8. The number of allylic oxidation sites excluding steroid dienone is 3. The number of hydrogen-bond acceptors (Lipinski definition) is 5. The molecule has 7 heteroatoms. The van der Waals surface area contributed by atoms with Gasteiger partial charge in [-0.05, 0) is 123 Å². The number of hydrogen-bond donors (Lipinski definition) is 2. The van der Waals surface area contributed by atoms with Gasteiger partial charge in [0.1, 0.15) is 6.10 Å². The molecule has 2 N–H and O–H groups in total. The summed E-state index contributed by atoms with van der Waals surface area (Å²) in [6, 6.07) is 0. The second-order valence-electron chi connectivity index (χ2n) is 20.3. The normalized spacial score (nSPS) is 36.8. The van der Waals surface area contributed by atoms with E-state index in [4.69, 9.17) is 4.74 Å². The van der Waals surface area contributed by atoms with E-state index in [1.54, 1.807) is 19.9 Å². The lowest BCUT2D eigenvalue weighted by atomic mass is 9.37. The van der Waals surface area contributed by atoms with Crippen molar-refractivity contribution in [3.8, 4) is 0 Å². The number of Topliss-reactive ketones (excluding diaryl/α,β-unsaturated/α-hetero) is 1. The highest BCUT2D eigenvalue weighted by atomic mass is 16.5. The average Bonchev–Trinajstić information content (AvgIpc) is 3.35.